The maximum atomic E-state index is 15.6. The van der Waals surface area contributed by atoms with E-state index in [0.29, 0.717) is 40.4 Å². The molecule has 2 N–H and O–H groups in total. The molecule has 12 heteroatoms. The van der Waals surface area contributed by atoms with Crippen molar-refractivity contribution in [1.29, 1.82) is 0 Å². The number of aromatic carboxylic acids is 1. The number of carboxylic acid groups (broad SMARTS) is 1. The van der Waals surface area contributed by atoms with E-state index in [1.54, 1.807) is 35.1 Å². The molecule has 2 aliphatic heterocycles. The van der Waals surface area contributed by atoms with Gasteiger partial charge in [-0.15, -0.1) is 0 Å². The number of halogens is 4. The van der Waals surface area contributed by atoms with Crippen LogP contribution in [0.2, 0.25) is 0 Å². The van der Waals surface area contributed by atoms with Gasteiger partial charge in [-0.1, -0.05) is 23.4 Å². The van der Waals surface area contributed by atoms with Gasteiger partial charge in [-0.25, -0.2) is 9.18 Å². The average molecular weight is 652 g/mol. The first-order valence-electron chi connectivity index (χ1n) is 16.3. The molecular weight excluding hydrogens is 614 g/mol. The van der Waals surface area contributed by atoms with Gasteiger partial charge >= 0.3 is 12.3 Å². The molecule has 8 rings (SSSR count). The van der Waals surface area contributed by atoms with Gasteiger partial charge in [0.2, 0.25) is 0 Å². The zero-order chi connectivity index (χ0) is 32.8. The molecule has 4 aliphatic rings. The van der Waals surface area contributed by atoms with Gasteiger partial charge in [-0.05, 0) is 82.0 Å². The molecule has 4 fully saturated rings. The Bertz CT molecular complexity index is 1860. The van der Waals surface area contributed by atoms with E-state index in [1.165, 1.54) is 18.3 Å². The predicted molar refractivity (Wildman–Crippen MR) is 169 cm³/mol. The van der Waals surface area contributed by atoms with Crippen LogP contribution in [0.15, 0.2) is 47.1 Å². The third-order valence-corrected chi connectivity index (χ3v) is 11.1. The molecule has 248 valence electrons. The first kappa shape index (κ1) is 30.3. The number of carboxylic acids is 1. The summed E-state index contributed by atoms with van der Waals surface area (Å²) in [4.78, 5) is 16.3. The minimum Gasteiger partial charge on any atom is -0.478 e. The zero-order valence-electron chi connectivity index (χ0n) is 26.3. The lowest BCUT2D eigenvalue weighted by Crippen LogP contribution is -2.57. The summed E-state index contributed by atoms with van der Waals surface area (Å²) in [6.07, 6.45) is 4.90. The fourth-order valence-corrected chi connectivity index (χ4v) is 8.87. The summed E-state index contributed by atoms with van der Waals surface area (Å²) >= 11 is 0. The van der Waals surface area contributed by atoms with E-state index in [1.807, 2.05) is 6.07 Å². The Morgan fingerprint density at radius 3 is 2.47 bits per heavy atom. The standard InChI is InChI=1S/C35H37F4N5O3/c1-42(18-26-31(41-47-32(26)19-7-8-19)23-5-3-4-6-28(23)40-35(37,38)39)22-15-34(16-22)13-20-9-10-21(14-34)44(20)30-12-29-24(11-27(30)36)25(33(45)46)17-43(29)2/h3-6,11-12,17,19-22,40H,7-10,13-16,18H2,1-2H3,(H,45,46). The second-order valence-corrected chi connectivity index (χ2v) is 14.3. The van der Waals surface area contributed by atoms with Crippen molar-refractivity contribution in [2.75, 3.05) is 17.3 Å². The van der Waals surface area contributed by atoms with Crippen molar-refractivity contribution >= 4 is 28.2 Å². The zero-order valence-corrected chi connectivity index (χ0v) is 26.3. The Kier molecular flexibility index (Phi) is 6.91. The summed E-state index contributed by atoms with van der Waals surface area (Å²) in [5, 5.41) is 16.0. The smallest absolute Gasteiger partial charge is 0.478 e. The van der Waals surface area contributed by atoms with Crippen molar-refractivity contribution in [3.05, 3.63) is 65.3 Å². The lowest BCUT2D eigenvalue weighted by Gasteiger charge is -2.57. The van der Waals surface area contributed by atoms with Gasteiger partial charge in [0.15, 0.2) is 0 Å². The van der Waals surface area contributed by atoms with Crippen molar-refractivity contribution < 1.29 is 32.0 Å². The van der Waals surface area contributed by atoms with Crippen LogP contribution in [0.4, 0.5) is 28.9 Å². The minimum atomic E-state index is -4.57. The number of rotatable bonds is 8. The second-order valence-electron chi connectivity index (χ2n) is 14.3. The normalized spacial score (nSPS) is 25.6. The van der Waals surface area contributed by atoms with Gasteiger partial charge in [0, 0.05) is 60.3 Å². The lowest BCUT2D eigenvalue weighted by atomic mass is 9.58. The van der Waals surface area contributed by atoms with E-state index in [0.717, 1.165) is 62.7 Å². The lowest BCUT2D eigenvalue weighted by molar-refractivity contribution is -0.0999. The first-order valence-corrected chi connectivity index (χ1v) is 16.3. The monoisotopic (exact) mass is 651 g/mol. The fourth-order valence-electron chi connectivity index (χ4n) is 8.87. The van der Waals surface area contributed by atoms with Gasteiger partial charge in [-0.3, -0.25) is 10.2 Å². The maximum Gasteiger partial charge on any atom is 0.482 e. The number of alkyl halides is 3. The molecule has 2 aromatic heterocycles. The molecule has 2 unspecified atom stereocenters. The highest BCUT2D eigenvalue weighted by molar-refractivity contribution is 6.04. The summed E-state index contributed by atoms with van der Waals surface area (Å²) in [7, 11) is 3.86. The van der Waals surface area contributed by atoms with Crippen LogP contribution in [0, 0.1) is 11.2 Å². The molecule has 2 aromatic carbocycles. The quantitative estimate of drug-likeness (QED) is 0.148. The van der Waals surface area contributed by atoms with Gasteiger partial charge in [0.05, 0.1) is 22.5 Å². The Morgan fingerprint density at radius 1 is 1.11 bits per heavy atom. The highest BCUT2D eigenvalue weighted by atomic mass is 19.4. The van der Waals surface area contributed by atoms with Crippen molar-refractivity contribution in [3.8, 4) is 11.3 Å². The topological polar surface area (TPSA) is 86.8 Å². The Hall–Kier alpha value is -4.06. The van der Waals surface area contributed by atoms with E-state index in [4.69, 9.17) is 4.52 Å². The number of piperidine rings is 1. The van der Waals surface area contributed by atoms with Crippen molar-refractivity contribution in [2.45, 2.75) is 88.3 Å². The third kappa shape index (κ3) is 5.25. The molecule has 2 saturated heterocycles. The average Bonchev–Trinajstić information content (AvgIpc) is 3.60. The van der Waals surface area contributed by atoms with Crippen LogP contribution >= 0.6 is 0 Å². The number of nitrogens with one attached hydrogen (secondary N) is 1. The molecule has 8 nitrogen and oxygen atoms in total. The molecule has 4 heterocycles. The third-order valence-electron chi connectivity index (χ3n) is 11.1. The molecule has 2 bridgehead atoms. The second kappa shape index (κ2) is 10.7. The molecule has 47 heavy (non-hydrogen) atoms. The summed E-state index contributed by atoms with van der Waals surface area (Å²) in [6.45, 7) is 0.533. The van der Waals surface area contributed by atoms with Crippen LogP contribution in [-0.2, 0) is 13.6 Å². The van der Waals surface area contributed by atoms with E-state index in [2.05, 4.69) is 22.0 Å². The Labute approximate surface area is 269 Å². The number of aryl methyl sites for hydroxylation is 1. The van der Waals surface area contributed by atoms with Crippen LogP contribution in [0.1, 0.15) is 79.0 Å². The summed E-state index contributed by atoms with van der Waals surface area (Å²) in [5.41, 5.74) is 3.18. The number of aromatic nitrogens is 2. The molecule has 0 radical (unpaired) electrons. The summed E-state index contributed by atoms with van der Waals surface area (Å²) < 4.78 is 63.1. The van der Waals surface area contributed by atoms with Gasteiger partial charge in [-0.2, -0.15) is 13.2 Å². The maximum absolute atomic E-state index is 15.6. The van der Waals surface area contributed by atoms with Crippen molar-refractivity contribution in [2.24, 2.45) is 12.5 Å². The van der Waals surface area contributed by atoms with Crippen molar-refractivity contribution in [3.63, 3.8) is 0 Å². The van der Waals surface area contributed by atoms with E-state index in [9.17, 15) is 23.1 Å². The SMILES string of the molecule is CN(Cc1c(-c2ccccc2NC(F)(F)F)noc1C1CC1)C1CC2(C1)CC1CCC(C2)N1c1cc2c(cc1F)c(C(=O)O)cn2C. The summed E-state index contributed by atoms with van der Waals surface area (Å²) in [6, 6.07) is 10.3. The van der Waals surface area contributed by atoms with E-state index < -0.39 is 12.3 Å². The molecule has 0 amide bonds. The molecular formula is C35H37F4N5O3. The van der Waals surface area contributed by atoms with Crippen LogP contribution in [0.5, 0.6) is 0 Å². The highest BCUT2D eigenvalue weighted by Crippen LogP contribution is 2.58. The van der Waals surface area contributed by atoms with Crippen LogP contribution < -0.4 is 10.2 Å². The number of carbonyl (C=O) groups is 1. The van der Waals surface area contributed by atoms with Crippen molar-refractivity contribution in [1.82, 2.24) is 14.6 Å². The van der Waals surface area contributed by atoms with Gasteiger partial charge in [0.1, 0.15) is 17.3 Å². The first-order chi connectivity index (χ1) is 22.4. The van der Waals surface area contributed by atoms with Crippen LogP contribution in [0.25, 0.3) is 22.2 Å². The number of anilines is 2. The number of nitrogens with zero attached hydrogens (tertiary/aromatic N) is 4. The van der Waals surface area contributed by atoms with E-state index >= 15 is 4.39 Å². The van der Waals surface area contributed by atoms with Crippen LogP contribution in [-0.4, -0.2) is 57.2 Å². The van der Waals surface area contributed by atoms with Gasteiger partial charge < -0.3 is 19.1 Å². The number of hydrogen-bond acceptors (Lipinski definition) is 6. The number of hydrogen-bond donors (Lipinski definition) is 2. The Balaban J connectivity index is 0.992. The fraction of sp³-hybridized carbons (Fsp3) is 0.486. The number of benzene rings is 2. The van der Waals surface area contributed by atoms with Crippen LogP contribution in [0.3, 0.4) is 0 Å². The molecule has 2 aliphatic carbocycles. The number of para-hydroxylation sites is 1. The molecule has 4 aromatic rings. The molecule has 1 spiro atoms. The largest absolute Gasteiger partial charge is 0.482 e. The summed E-state index contributed by atoms with van der Waals surface area (Å²) in [5.74, 6) is -0.421. The molecule has 2 saturated carbocycles. The molecule has 2 atom stereocenters. The predicted octanol–water partition coefficient (Wildman–Crippen LogP) is 7.89. The number of fused-ring (bicyclic) bond motifs is 3. The van der Waals surface area contributed by atoms with E-state index in [-0.39, 0.29) is 40.5 Å². The minimum absolute atomic E-state index is 0.0468. The van der Waals surface area contributed by atoms with Gasteiger partial charge in [0.25, 0.3) is 0 Å². The Morgan fingerprint density at radius 2 is 1.81 bits per heavy atom. The highest BCUT2D eigenvalue weighted by Gasteiger charge is 2.55.